The van der Waals surface area contributed by atoms with Gasteiger partial charge in [-0.05, 0) is 59.0 Å². The lowest BCUT2D eigenvalue weighted by molar-refractivity contribution is 0.157. The van der Waals surface area contributed by atoms with E-state index in [1.807, 2.05) is 0 Å². The molecule has 0 amide bonds. The third-order valence-corrected chi connectivity index (χ3v) is 4.53. The molecule has 1 aliphatic rings. The molecule has 1 unspecified atom stereocenters. The molecule has 3 heteroatoms. The first-order chi connectivity index (χ1) is 9.04. The van der Waals surface area contributed by atoms with Crippen LogP contribution in [-0.4, -0.2) is 47.8 Å². The fourth-order valence-electron chi connectivity index (χ4n) is 2.89. The van der Waals surface area contributed by atoms with Crippen LogP contribution in [0.2, 0.25) is 0 Å². The minimum absolute atomic E-state index is 0.0609. The molecular formula is C16H34N2O. The third-order valence-electron chi connectivity index (χ3n) is 4.53. The first kappa shape index (κ1) is 16.9. The van der Waals surface area contributed by atoms with Crippen molar-refractivity contribution in [2.75, 3.05) is 20.2 Å². The largest absolute Gasteiger partial charge is 0.394 e. The van der Waals surface area contributed by atoms with Crippen LogP contribution < -0.4 is 5.32 Å². The molecule has 1 atom stereocenters. The number of nitrogens with one attached hydrogen (secondary N) is 1. The number of hydrogen-bond acceptors (Lipinski definition) is 3. The summed E-state index contributed by atoms with van der Waals surface area (Å²) in [7, 11) is 2.24. The third kappa shape index (κ3) is 6.24. The van der Waals surface area contributed by atoms with Gasteiger partial charge in [-0.1, -0.05) is 20.3 Å². The zero-order valence-corrected chi connectivity index (χ0v) is 13.4. The molecule has 1 aliphatic carbocycles. The fraction of sp³-hybridized carbons (Fsp3) is 1.00. The number of nitrogens with zero attached hydrogens (tertiary/aromatic N) is 1. The smallest absolute Gasteiger partial charge is 0.0610 e. The second-order valence-corrected chi connectivity index (χ2v) is 6.55. The molecule has 0 heterocycles. The van der Waals surface area contributed by atoms with Crippen molar-refractivity contribution in [2.24, 2.45) is 0 Å². The van der Waals surface area contributed by atoms with E-state index in [4.69, 9.17) is 0 Å². The first-order valence-electron chi connectivity index (χ1n) is 8.13. The molecule has 114 valence electrons. The van der Waals surface area contributed by atoms with Crippen LogP contribution in [0.3, 0.4) is 0 Å². The number of hydrogen-bond donors (Lipinski definition) is 2. The summed E-state index contributed by atoms with van der Waals surface area (Å²) >= 11 is 0. The summed E-state index contributed by atoms with van der Waals surface area (Å²) < 4.78 is 0. The van der Waals surface area contributed by atoms with E-state index in [0.717, 1.165) is 12.5 Å². The lowest BCUT2D eigenvalue weighted by Gasteiger charge is -2.30. The van der Waals surface area contributed by atoms with Crippen LogP contribution >= 0.6 is 0 Å². The van der Waals surface area contributed by atoms with Crippen LogP contribution in [0.1, 0.15) is 65.7 Å². The van der Waals surface area contributed by atoms with Crippen LogP contribution in [0.15, 0.2) is 0 Å². The van der Waals surface area contributed by atoms with E-state index in [2.05, 4.69) is 38.0 Å². The van der Waals surface area contributed by atoms with Crippen molar-refractivity contribution in [3.8, 4) is 0 Å². The minimum Gasteiger partial charge on any atom is -0.394 e. The molecule has 0 bridgehead atoms. The van der Waals surface area contributed by atoms with Crippen molar-refractivity contribution in [1.29, 1.82) is 0 Å². The van der Waals surface area contributed by atoms with Crippen molar-refractivity contribution in [3.05, 3.63) is 0 Å². The molecule has 0 aromatic heterocycles. The van der Waals surface area contributed by atoms with E-state index in [1.165, 1.54) is 45.1 Å². The molecule has 1 rings (SSSR count). The zero-order valence-electron chi connectivity index (χ0n) is 13.4. The Balaban J connectivity index is 2.17. The van der Waals surface area contributed by atoms with Gasteiger partial charge in [0, 0.05) is 17.6 Å². The van der Waals surface area contributed by atoms with Gasteiger partial charge in [0.1, 0.15) is 0 Å². The standard InChI is InChI=1S/C16H34N2O/c1-5-15(6-2)18(4)12-8-7-11-16(3,13-19)17-14-9-10-14/h14-15,17,19H,5-13H2,1-4H3. The second-order valence-electron chi connectivity index (χ2n) is 6.55. The molecule has 1 fully saturated rings. The van der Waals surface area contributed by atoms with Gasteiger partial charge in [-0.15, -0.1) is 0 Å². The van der Waals surface area contributed by atoms with Gasteiger partial charge in [0.2, 0.25) is 0 Å². The average Bonchev–Trinajstić information content (AvgIpc) is 3.20. The van der Waals surface area contributed by atoms with Crippen LogP contribution in [0.25, 0.3) is 0 Å². The van der Waals surface area contributed by atoms with Gasteiger partial charge in [-0.2, -0.15) is 0 Å². The van der Waals surface area contributed by atoms with Crippen molar-refractivity contribution in [1.82, 2.24) is 10.2 Å². The fourth-order valence-corrected chi connectivity index (χ4v) is 2.89. The van der Waals surface area contributed by atoms with Gasteiger partial charge in [0.15, 0.2) is 0 Å². The van der Waals surface area contributed by atoms with Crippen molar-refractivity contribution >= 4 is 0 Å². The quantitative estimate of drug-likeness (QED) is 0.567. The summed E-state index contributed by atoms with van der Waals surface area (Å²) in [6.07, 6.45) is 8.56. The predicted molar refractivity (Wildman–Crippen MR) is 82.5 cm³/mol. The Morgan fingerprint density at radius 3 is 2.37 bits per heavy atom. The van der Waals surface area contributed by atoms with Gasteiger partial charge in [-0.25, -0.2) is 0 Å². The Labute approximate surface area is 119 Å². The maximum atomic E-state index is 9.56. The molecule has 0 radical (unpaired) electrons. The molecule has 0 aliphatic heterocycles. The van der Waals surface area contributed by atoms with E-state index in [1.54, 1.807) is 0 Å². The normalized spacial score (nSPS) is 19.1. The van der Waals surface area contributed by atoms with Crippen LogP contribution in [0.5, 0.6) is 0 Å². The van der Waals surface area contributed by atoms with E-state index in [0.29, 0.717) is 6.04 Å². The highest BCUT2D eigenvalue weighted by Gasteiger charge is 2.31. The lowest BCUT2D eigenvalue weighted by Crippen LogP contribution is -2.47. The molecule has 1 saturated carbocycles. The minimum atomic E-state index is -0.0609. The number of rotatable bonds is 11. The average molecular weight is 270 g/mol. The molecule has 2 N–H and O–H groups in total. The maximum absolute atomic E-state index is 9.56. The Morgan fingerprint density at radius 2 is 1.89 bits per heavy atom. The lowest BCUT2D eigenvalue weighted by atomic mass is 9.95. The molecule has 0 aromatic carbocycles. The van der Waals surface area contributed by atoms with Gasteiger partial charge >= 0.3 is 0 Å². The van der Waals surface area contributed by atoms with Crippen LogP contribution in [0.4, 0.5) is 0 Å². The molecule has 0 saturated heterocycles. The molecular weight excluding hydrogens is 236 g/mol. The van der Waals surface area contributed by atoms with Crippen molar-refractivity contribution in [2.45, 2.75) is 83.3 Å². The monoisotopic (exact) mass is 270 g/mol. The molecule has 19 heavy (non-hydrogen) atoms. The van der Waals surface area contributed by atoms with Crippen molar-refractivity contribution in [3.63, 3.8) is 0 Å². The zero-order chi connectivity index (χ0) is 14.3. The Morgan fingerprint density at radius 1 is 1.26 bits per heavy atom. The summed E-state index contributed by atoms with van der Waals surface area (Å²) in [6.45, 7) is 8.14. The van der Waals surface area contributed by atoms with E-state index in [9.17, 15) is 5.11 Å². The Bertz CT molecular complexity index is 239. The van der Waals surface area contributed by atoms with Gasteiger partial charge in [0.05, 0.1) is 6.61 Å². The summed E-state index contributed by atoms with van der Waals surface area (Å²) in [4.78, 5) is 2.49. The number of unbranched alkanes of at least 4 members (excludes halogenated alkanes) is 1. The van der Waals surface area contributed by atoms with Gasteiger partial charge < -0.3 is 15.3 Å². The summed E-state index contributed by atoms with van der Waals surface area (Å²) in [5.41, 5.74) is -0.0609. The van der Waals surface area contributed by atoms with Gasteiger partial charge in [-0.3, -0.25) is 0 Å². The van der Waals surface area contributed by atoms with Gasteiger partial charge in [0.25, 0.3) is 0 Å². The second kappa shape index (κ2) is 8.23. The topological polar surface area (TPSA) is 35.5 Å². The summed E-state index contributed by atoms with van der Waals surface area (Å²) in [6, 6.07) is 1.40. The molecule has 3 nitrogen and oxygen atoms in total. The number of aliphatic hydroxyl groups is 1. The SMILES string of the molecule is CCC(CC)N(C)CCCCC(C)(CO)NC1CC1. The molecule has 0 spiro atoms. The van der Waals surface area contributed by atoms with E-state index in [-0.39, 0.29) is 12.1 Å². The Hall–Kier alpha value is -0.120. The number of aliphatic hydroxyl groups excluding tert-OH is 1. The highest BCUT2D eigenvalue weighted by Crippen LogP contribution is 2.25. The maximum Gasteiger partial charge on any atom is 0.0610 e. The highest BCUT2D eigenvalue weighted by molar-refractivity contribution is 4.92. The van der Waals surface area contributed by atoms with Crippen LogP contribution in [-0.2, 0) is 0 Å². The summed E-state index contributed by atoms with van der Waals surface area (Å²) in [5.74, 6) is 0. The molecule has 0 aromatic rings. The van der Waals surface area contributed by atoms with Crippen LogP contribution in [0, 0.1) is 0 Å². The predicted octanol–water partition coefficient (Wildman–Crippen LogP) is 2.78. The van der Waals surface area contributed by atoms with Crippen molar-refractivity contribution < 1.29 is 5.11 Å². The first-order valence-corrected chi connectivity index (χ1v) is 8.13. The Kier molecular flexibility index (Phi) is 7.33. The van der Waals surface area contributed by atoms with E-state index < -0.39 is 0 Å². The van der Waals surface area contributed by atoms with E-state index >= 15 is 0 Å². The highest BCUT2D eigenvalue weighted by atomic mass is 16.3. The summed E-state index contributed by atoms with van der Waals surface area (Å²) in [5, 5.41) is 13.1.